The highest BCUT2D eigenvalue weighted by Crippen LogP contribution is 2.23. The Morgan fingerprint density at radius 1 is 0.972 bits per heavy atom. The van der Waals surface area contributed by atoms with E-state index in [1.807, 2.05) is 75.4 Å². The molecule has 4 rings (SSSR count). The van der Waals surface area contributed by atoms with Crippen molar-refractivity contribution < 1.29 is 14.3 Å². The molecule has 0 aliphatic carbocycles. The van der Waals surface area contributed by atoms with E-state index in [4.69, 9.17) is 14.5 Å². The zero-order valence-corrected chi connectivity index (χ0v) is 21.7. The number of benzene rings is 3. The van der Waals surface area contributed by atoms with Gasteiger partial charge in [-0.1, -0.05) is 50.2 Å². The third kappa shape index (κ3) is 6.06. The number of fused-ring (bicyclic) bond motifs is 1. The molecule has 0 aliphatic heterocycles. The fourth-order valence-corrected chi connectivity index (χ4v) is 4.22. The molecule has 4 aromatic rings. The molecule has 0 saturated carbocycles. The quantitative estimate of drug-likeness (QED) is 0.294. The number of carbonyl (C=O) groups is 1. The van der Waals surface area contributed by atoms with Gasteiger partial charge in [-0.15, -0.1) is 0 Å². The minimum atomic E-state index is -0.294. The van der Waals surface area contributed by atoms with Crippen molar-refractivity contribution in [3.05, 3.63) is 89.2 Å². The summed E-state index contributed by atoms with van der Waals surface area (Å²) in [7, 11) is 0. The molecule has 1 atom stereocenters. The average Bonchev–Trinajstić information content (AvgIpc) is 3.24. The van der Waals surface area contributed by atoms with Crippen LogP contribution in [0.4, 0.5) is 0 Å². The minimum Gasteiger partial charge on any atom is -0.492 e. The van der Waals surface area contributed by atoms with Gasteiger partial charge in [0.05, 0.1) is 23.6 Å². The molecule has 0 saturated heterocycles. The zero-order chi connectivity index (χ0) is 25.7. The van der Waals surface area contributed by atoms with Crippen molar-refractivity contribution in [2.75, 3.05) is 13.2 Å². The van der Waals surface area contributed by atoms with Gasteiger partial charge in [-0.3, -0.25) is 4.79 Å². The topological polar surface area (TPSA) is 65.4 Å². The van der Waals surface area contributed by atoms with Crippen LogP contribution < -0.4 is 14.8 Å². The minimum absolute atomic E-state index is 0.0512. The van der Waals surface area contributed by atoms with Crippen molar-refractivity contribution in [3.63, 3.8) is 0 Å². The Balaban J connectivity index is 1.42. The first-order chi connectivity index (χ1) is 17.3. The first kappa shape index (κ1) is 25.3. The molecule has 0 bridgehead atoms. The summed E-state index contributed by atoms with van der Waals surface area (Å²) in [5, 5.41) is 3.04. The number of hydrogen-bond acceptors (Lipinski definition) is 4. The largest absolute Gasteiger partial charge is 0.492 e. The van der Waals surface area contributed by atoms with E-state index in [9.17, 15) is 4.79 Å². The molecule has 0 aliphatic rings. The lowest BCUT2D eigenvalue weighted by atomic mass is 10.0. The highest BCUT2D eigenvalue weighted by molar-refractivity contribution is 5.79. The molecule has 1 heterocycles. The molecular formula is C30H35N3O3. The lowest BCUT2D eigenvalue weighted by Gasteiger charge is -2.17. The van der Waals surface area contributed by atoms with E-state index in [2.05, 4.69) is 35.9 Å². The van der Waals surface area contributed by atoms with E-state index in [-0.39, 0.29) is 18.6 Å². The molecule has 0 spiro atoms. The monoisotopic (exact) mass is 485 g/mol. The third-order valence-corrected chi connectivity index (χ3v) is 6.28. The Morgan fingerprint density at radius 3 is 2.47 bits per heavy atom. The Bertz CT molecular complexity index is 1330. The van der Waals surface area contributed by atoms with Gasteiger partial charge in [0.15, 0.2) is 6.61 Å². The van der Waals surface area contributed by atoms with Crippen LogP contribution in [0.3, 0.4) is 0 Å². The predicted molar refractivity (Wildman–Crippen MR) is 144 cm³/mol. The van der Waals surface area contributed by atoms with Gasteiger partial charge in [-0.05, 0) is 73.7 Å². The van der Waals surface area contributed by atoms with E-state index < -0.39 is 0 Å². The molecule has 1 aromatic heterocycles. The van der Waals surface area contributed by atoms with Gasteiger partial charge in [0, 0.05) is 0 Å². The molecule has 6 nitrogen and oxygen atoms in total. The van der Waals surface area contributed by atoms with Gasteiger partial charge in [-0.25, -0.2) is 4.98 Å². The second kappa shape index (κ2) is 11.3. The van der Waals surface area contributed by atoms with Crippen LogP contribution in [-0.2, 0) is 11.3 Å². The summed E-state index contributed by atoms with van der Waals surface area (Å²) in [6, 6.07) is 21.9. The smallest absolute Gasteiger partial charge is 0.258 e. The van der Waals surface area contributed by atoms with Gasteiger partial charge in [0.1, 0.15) is 23.9 Å². The van der Waals surface area contributed by atoms with Crippen LogP contribution in [-0.4, -0.2) is 28.7 Å². The lowest BCUT2D eigenvalue weighted by Crippen LogP contribution is -2.33. The van der Waals surface area contributed by atoms with Gasteiger partial charge in [-0.2, -0.15) is 0 Å². The molecule has 0 radical (unpaired) electrons. The average molecular weight is 486 g/mol. The zero-order valence-electron chi connectivity index (χ0n) is 21.7. The maximum absolute atomic E-state index is 12.7. The number of rotatable bonds is 10. The summed E-state index contributed by atoms with van der Waals surface area (Å²) in [6.45, 7) is 11.3. The van der Waals surface area contributed by atoms with E-state index in [0.29, 0.717) is 19.1 Å². The summed E-state index contributed by atoms with van der Waals surface area (Å²) in [5.41, 5.74) is 5.29. The highest BCUT2D eigenvalue weighted by atomic mass is 16.5. The molecule has 1 unspecified atom stereocenters. The van der Waals surface area contributed by atoms with Crippen LogP contribution in [0.2, 0.25) is 0 Å². The molecule has 0 fully saturated rings. The summed E-state index contributed by atoms with van der Waals surface area (Å²) in [6.07, 6.45) is 0. The highest BCUT2D eigenvalue weighted by Gasteiger charge is 2.19. The Hall–Kier alpha value is -3.80. The van der Waals surface area contributed by atoms with E-state index in [1.54, 1.807) is 0 Å². The van der Waals surface area contributed by atoms with Crippen molar-refractivity contribution in [2.45, 2.75) is 53.1 Å². The maximum Gasteiger partial charge on any atom is 0.258 e. The number of imidazole rings is 1. The van der Waals surface area contributed by atoms with Crippen molar-refractivity contribution in [2.24, 2.45) is 0 Å². The van der Waals surface area contributed by atoms with E-state index in [1.165, 1.54) is 5.56 Å². The van der Waals surface area contributed by atoms with Gasteiger partial charge in [0.25, 0.3) is 5.91 Å². The number of ether oxygens (including phenoxy) is 2. The number of aryl methyl sites for hydroxylation is 2. The molecular weight excluding hydrogens is 450 g/mol. The summed E-state index contributed by atoms with van der Waals surface area (Å²) < 4.78 is 13.9. The first-order valence-electron chi connectivity index (χ1n) is 12.5. The van der Waals surface area contributed by atoms with Crippen LogP contribution >= 0.6 is 0 Å². The van der Waals surface area contributed by atoms with E-state index >= 15 is 0 Å². The number of hydrogen-bond donors (Lipinski definition) is 1. The number of carbonyl (C=O) groups excluding carboxylic acids is 1. The van der Waals surface area contributed by atoms with Crippen molar-refractivity contribution in [1.82, 2.24) is 14.9 Å². The standard InChI is InChI=1S/C30H35N3O3/c1-20(2)24-12-14-25(15-13-24)35-17-16-33-27-9-7-6-8-26(27)32-30(33)23(5)31-29(34)19-36-28-18-21(3)10-11-22(28)4/h6-15,18,20,23H,16-17,19H2,1-5H3,(H,31,34). The molecule has 188 valence electrons. The van der Waals surface area contributed by atoms with Crippen molar-refractivity contribution in [3.8, 4) is 11.5 Å². The summed E-state index contributed by atoms with van der Waals surface area (Å²) >= 11 is 0. The first-order valence-corrected chi connectivity index (χ1v) is 12.5. The number of aromatic nitrogens is 2. The molecule has 3 aromatic carbocycles. The van der Waals surface area contributed by atoms with Crippen LogP contribution in [0.5, 0.6) is 11.5 Å². The second-order valence-corrected chi connectivity index (χ2v) is 9.53. The Labute approximate surface area is 213 Å². The third-order valence-electron chi connectivity index (χ3n) is 6.28. The van der Waals surface area contributed by atoms with E-state index in [0.717, 1.165) is 39.5 Å². The Kier molecular flexibility index (Phi) is 7.93. The second-order valence-electron chi connectivity index (χ2n) is 9.53. The fraction of sp³-hybridized carbons (Fsp3) is 0.333. The SMILES string of the molecule is Cc1ccc(C)c(OCC(=O)NC(C)c2nc3ccccc3n2CCOc2ccc(C(C)C)cc2)c1. The van der Waals surface area contributed by atoms with Crippen LogP contribution in [0.1, 0.15) is 55.2 Å². The predicted octanol–water partition coefficient (Wildman–Crippen LogP) is 6.11. The van der Waals surface area contributed by atoms with Crippen molar-refractivity contribution in [1.29, 1.82) is 0 Å². The summed E-state index contributed by atoms with van der Waals surface area (Å²) in [5.74, 6) is 2.65. The summed E-state index contributed by atoms with van der Waals surface area (Å²) in [4.78, 5) is 17.5. The fourth-order valence-electron chi connectivity index (χ4n) is 4.22. The van der Waals surface area contributed by atoms with Gasteiger partial charge in [0.2, 0.25) is 0 Å². The Morgan fingerprint density at radius 2 is 1.72 bits per heavy atom. The normalized spacial score (nSPS) is 12.1. The number of nitrogens with zero attached hydrogens (tertiary/aromatic N) is 2. The van der Waals surface area contributed by atoms with Crippen LogP contribution in [0.25, 0.3) is 11.0 Å². The van der Waals surface area contributed by atoms with Crippen LogP contribution in [0, 0.1) is 13.8 Å². The lowest BCUT2D eigenvalue weighted by molar-refractivity contribution is -0.123. The molecule has 1 amide bonds. The number of nitrogens with one attached hydrogen (secondary N) is 1. The van der Waals surface area contributed by atoms with Crippen LogP contribution in [0.15, 0.2) is 66.7 Å². The molecule has 6 heteroatoms. The molecule has 1 N–H and O–H groups in total. The maximum atomic E-state index is 12.7. The number of para-hydroxylation sites is 2. The van der Waals surface area contributed by atoms with Gasteiger partial charge < -0.3 is 19.4 Å². The number of amides is 1. The molecule has 36 heavy (non-hydrogen) atoms. The van der Waals surface area contributed by atoms with Gasteiger partial charge >= 0.3 is 0 Å². The van der Waals surface area contributed by atoms with Crippen molar-refractivity contribution >= 4 is 16.9 Å².